The molecule has 23 heavy (non-hydrogen) atoms. The van der Waals surface area contributed by atoms with Crippen LogP contribution < -0.4 is 11.1 Å². The van der Waals surface area contributed by atoms with Crippen LogP contribution in [0, 0.1) is 5.92 Å². The SMILES string of the molecule is C[C@@H]1C[C@H]1c1ccc([C@H]2N=C(N)Nc3nc4ccccc4n32)o1. The third-order valence-corrected chi connectivity index (χ3v) is 4.72. The van der Waals surface area contributed by atoms with Gasteiger partial charge in [0.2, 0.25) is 5.95 Å². The largest absolute Gasteiger partial charge is 0.461 e. The zero-order valence-corrected chi connectivity index (χ0v) is 12.7. The van der Waals surface area contributed by atoms with Crippen LogP contribution in [0.25, 0.3) is 11.0 Å². The monoisotopic (exact) mass is 307 g/mol. The van der Waals surface area contributed by atoms with E-state index in [1.165, 1.54) is 6.42 Å². The number of nitrogens with two attached hydrogens (primary N) is 1. The van der Waals surface area contributed by atoms with Crippen molar-refractivity contribution in [3.05, 3.63) is 47.9 Å². The first kappa shape index (κ1) is 12.8. The molecular formula is C17H17N5O. The number of benzene rings is 1. The number of aromatic nitrogens is 2. The second kappa shape index (κ2) is 4.38. The van der Waals surface area contributed by atoms with Crippen LogP contribution in [0.5, 0.6) is 0 Å². The average molecular weight is 307 g/mol. The van der Waals surface area contributed by atoms with Gasteiger partial charge in [-0.1, -0.05) is 19.1 Å². The van der Waals surface area contributed by atoms with Gasteiger partial charge >= 0.3 is 0 Å². The summed E-state index contributed by atoms with van der Waals surface area (Å²) in [4.78, 5) is 9.14. The lowest BCUT2D eigenvalue weighted by atomic mass is 10.2. The van der Waals surface area contributed by atoms with Crippen molar-refractivity contribution < 1.29 is 4.42 Å². The van der Waals surface area contributed by atoms with Gasteiger partial charge in [0.15, 0.2) is 12.1 Å². The lowest BCUT2D eigenvalue weighted by Crippen LogP contribution is -2.31. The Balaban J connectivity index is 1.64. The summed E-state index contributed by atoms with van der Waals surface area (Å²) in [5, 5.41) is 3.04. The Morgan fingerprint density at radius 2 is 2.00 bits per heavy atom. The van der Waals surface area contributed by atoms with Gasteiger partial charge in [0.25, 0.3) is 0 Å². The van der Waals surface area contributed by atoms with E-state index in [4.69, 9.17) is 10.2 Å². The lowest BCUT2D eigenvalue weighted by Gasteiger charge is -2.21. The molecule has 1 saturated carbocycles. The van der Waals surface area contributed by atoms with E-state index in [-0.39, 0.29) is 6.17 Å². The zero-order chi connectivity index (χ0) is 15.6. The molecule has 3 atom stereocenters. The molecule has 3 heterocycles. The van der Waals surface area contributed by atoms with E-state index in [9.17, 15) is 0 Å². The number of aliphatic imine (C=N–C) groups is 1. The number of guanidine groups is 1. The van der Waals surface area contributed by atoms with Crippen molar-refractivity contribution >= 4 is 22.9 Å². The van der Waals surface area contributed by atoms with Crippen LogP contribution >= 0.6 is 0 Å². The van der Waals surface area contributed by atoms with Crippen LogP contribution in [0.4, 0.5) is 5.95 Å². The predicted molar refractivity (Wildman–Crippen MR) is 88.3 cm³/mol. The van der Waals surface area contributed by atoms with Gasteiger partial charge in [-0.2, -0.15) is 0 Å². The highest BCUT2D eigenvalue weighted by atomic mass is 16.3. The number of nitrogens with one attached hydrogen (secondary N) is 1. The molecule has 0 saturated heterocycles. The summed E-state index contributed by atoms with van der Waals surface area (Å²) in [7, 11) is 0. The maximum absolute atomic E-state index is 6.10. The first-order valence-corrected chi connectivity index (χ1v) is 7.87. The van der Waals surface area contributed by atoms with Gasteiger partial charge in [0.05, 0.1) is 11.0 Å². The molecule has 6 heteroatoms. The van der Waals surface area contributed by atoms with E-state index >= 15 is 0 Å². The summed E-state index contributed by atoms with van der Waals surface area (Å²) in [6.07, 6.45) is 0.880. The standard InChI is InChI=1S/C17H17N5O/c1-9-8-10(9)13-6-7-14(23-13)15-20-16(18)21-17-19-11-4-2-3-5-12(11)22(15)17/h2-7,9-10,15H,8H2,1H3,(H3,18,19,20,21)/t9-,10-,15+/m1/s1. The van der Waals surface area contributed by atoms with Crippen LogP contribution in [0.3, 0.4) is 0 Å². The number of imidazole rings is 1. The van der Waals surface area contributed by atoms with Crippen molar-refractivity contribution in [2.75, 3.05) is 5.32 Å². The van der Waals surface area contributed by atoms with Crippen LogP contribution in [0.2, 0.25) is 0 Å². The number of anilines is 1. The zero-order valence-electron chi connectivity index (χ0n) is 12.7. The second-order valence-electron chi connectivity index (χ2n) is 6.37. The smallest absolute Gasteiger partial charge is 0.212 e. The number of hydrogen-bond donors (Lipinski definition) is 2. The van der Waals surface area contributed by atoms with E-state index in [1.807, 2.05) is 34.9 Å². The van der Waals surface area contributed by atoms with Crippen molar-refractivity contribution in [3.8, 4) is 0 Å². The van der Waals surface area contributed by atoms with Gasteiger partial charge in [-0.05, 0) is 36.6 Å². The van der Waals surface area contributed by atoms with Crippen LogP contribution in [-0.2, 0) is 0 Å². The van der Waals surface area contributed by atoms with E-state index in [0.717, 1.165) is 22.6 Å². The highest BCUT2D eigenvalue weighted by Gasteiger charge is 2.37. The number of rotatable bonds is 2. The molecule has 1 fully saturated rings. The molecule has 2 aromatic heterocycles. The fourth-order valence-corrected chi connectivity index (χ4v) is 3.33. The Morgan fingerprint density at radius 3 is 2.83 bits per heavy atom. The molecule has 3 aromatic rings. The third-order valence-electron chi connectivity index (χ3n) is 4.72. The van der Waals surface area contributed by atoms with Crippen molar-refractivity contribution in [1.29, 1.82) is 0 Å². The maximum atomic E-state index is 6.10. The summed E-state index contributed by atoms with van der Waals surface area (Å²) < 4.78 is 8.13. The Morgan fingerprint density at radius 1 is 1.22 bits per heavy atom. The predicted octanol–water partition coefficient (Wildman–Crippen LogP) is 3.04. The van der Waals surface area contributed by atoms with Crippen molar-refractivity contribution in [2.24, 2.45) is 16.6 Å². The van der Waals surface area contributed by atoms with Gasteiger partial charge in [-0.3, -0.25) is 9.88 Å². The first-order valence-electron chi connectivity index (χ1n) is 7.87. The fourth-order valence-electron chi connectivity index (χ4n) is 3.33. The number of nitrogens with zero attached hydrogens (tertiary/aromatic N) is 3. The van der Waals surface area contributed by atoms with Crippen LogP contribution in [0.1, 0.15) is 36.9 Å². The minimum atomic E-state index is -0.318. The molecule has 6 nitrogen and oxygen atoms in total. The van der Waals surface area contributed by atoms with Crippen molar-refractivity contribution in [3.63, 3.8) is 0 Å². The van der Waals surface area contributed by atoms with Crippen LogP contribution in [-0.4, -0.2) is 15.5 Å². The Hall–Kier alpha value is -2.76. The molecule has 3 N–H and O–H groups in total. The average Bonchev–Trinajstić information content (AvgIpc) is 2.99. The van der Waals surface area contributed by atoms with Crippen molar-refractivity contribution in [1.82, 2.24) is 9.55 Å². The maximum Gasteiger partial charge on any atom is 0.212 e. The molecule has 1 aliphatic heterocycles. The Bertz CT molecular complexity index is 938. The van der Waals surface area contributed by atoms with Crippen LogP contribution in [0.15, 0.2) is 45.8 Å². The molecule has 2 aliphatic rings. The van der Waals surface area contributed by atoms with E-state index in [1.54, 1.807) is 0 Å². The van der Waals surface area contributed by atoms with Gasteiger partial charge in [0.1, 0.15) is 11.5 Å². The molecule has 0 radical (unpaired) electrons. The topological polar surface area (TPSA) is 81.4 Å². The Labute approximate surface area is 133 Å². The number of furan rings is 1. The normalized spacial score (nSPS) is 25.8. The molecule has 0 bridgehead atoms. The van der Waals surface area contributed by atoms with Gasteiger partial charge in [0, 0.05) is 5.92 Å². The second-order valence-corrected chi connectivity index (χ2v) is 6.37. The summed E-state index contributed by atoms with van der Waals surface area (Å²) in [5.74, 6) is 4.15. The summed E-state index contributed by atoms with van der Waals surface area (Å²) in [6.45, 7) is 2.25. The lowest BCUT2D eigenvalue weighted by molar-refractivity contribution is 0.411. The third kappa shape index (κ3) is 1.87. The molecule has 1 aromatic carbocycles. The number of hydrogen-bond acceptors (Lipinski definition) is 5. The molecular weight excluding hydrogens is 290 g/mol. The quantitative estimate of drug-likeness (QED) is 0.762. The molecule has 5 rings (SSSR count). The van der Waals surface area contributed by atoms with E-state index in [0.29, 0.717) is 23.7 Å². The molecule has 116 valence electrons. The number of para-hydroxylation sites is 2. The minimum Gasteiger partial charge on any atom is -0.461 e. The molecule has 0 spiro atoms. The van der Waals surface area contributed by atoms with Gasteiger partial charge in [-0.15, -0.1) is 0 Å². The summed E-state index contributed by atoms with van der Waals surface area (Å²) in [5.41, 5.74) is 7.86. The minimum absolute atomic E-state index is 0.318. The van der Waals surface area contributed by atoms with Crippen molar-refractivity contribution in [2.45, 2.75) is 25.4 Å². The molecule has 1 aliphatic carbocycles. The molecule has 0 amide bonds. The van der Waals surface area contributed by atoms with E-state index in [2.05, 4.69) is 28.3 Å². The van der Waals surface area contributed by atoms with Gasteiger partial charge in [-0.25, -0.2) is 9.98 Å². The highest BCUT2D eigenvalue weighted by molar-refractivity contribution is 5.94. The highest BCUT2D eigenvalue weighted by Crippen LogP contribution is 2.48. The van der Waals surface area contributed by atoms with E-state index < -0.39 is 0 Å². The summed E-state index contributed by atoms with van der Waals surface area (Å²) in [6, 6.07) is 12.1. The molecule has 0 unspecified atom stereocenters. The van der Waals surface area contributed by atoms with Gasteiger partial charge < -0.3 is 10.2 Å². The summed E-state index contributed by atoms with van der Waals surface area (Å²) >= 11 is 0. The fraction of sp³-hybridized carbons (Fsp3) is 0.294. The Kier molecular flexibility index (Phi) is 2.43. The number of fused-ring (bicyclic) bond motifs is 3. The first-order chi connectivity index (χ1) is 11.2.